The summed E-state index contributed by atoms with van der Waals surface area (Å²) >= 11 is 0. The van der Waals surface area contributed by atoms with Gasteiger partial charge in [0.25, 0.3) is 0 Å². The first-order chi connectivity index (χ1) is 5.06. The molecule has 2 N–H and O–H groups in total. The van der Waals surface area contributed by atoms with Crippen LogP contribution in [0.15, 0.2) is 0 Å². The van der Waals surface area contributed by atoms with Gasteiger partial charge in [0.2, 0.25) is 0 Å². The molecule has 3 nitrogen and oxygen atoms in total. The van der Waals surface area contributed by atoms with Crippen LogP contribution in [0.4, 0.5) is 0 Å². The molecule has 1 atom stereocenters. The maximum absolute atomic E-state index is 9.53. The molecule has 0 bridgehead atoms. The Morgan fingerprint density at radius 1 is 1.55 bits per heavy atom. The van der Waals surface area contributed by atoms with E-state index in [0.717, 1.165) is 6.54 Å². The van der Waals surface area contributed by atoms with Crippen LogP contribution in [-0.4, -0.2) is 47.5 Å². The zero-order chi connectivity index (χ0) is 8.48. The Labute approximate surface area is 67.6 Å². The first-order valence-electron chi connectivity index (χ1n) is 4.07. The summed E-state index contributed by atoms with van der Waals surface area (Å²) in [5.41, 5.74) is -0.00479. The lowest BCUT2D eigenvalue weighted by atomic mass is 9.90. The van der Waals surface area contributed by atoms with Crippen LogP contribution in [0.1, 0.15) is 13.8 Å². The van der Waals surface area contributed by atoms with Crippen LogP contribution >= 0.6 is 0 Å². The second-order valence-corrected chi connectivity index (χ2v) is 3.96. The van der Waals surface area contributed by atoms with Gasteiger partial charge in [-0.15, -0.1) is 0 Å². The quantitative estimate of drug-likeness (QED) is 0.580. The van der Waals surface area contributed by atoms with Crippen molar-refractivity contribution in [2.24, 2.45) is 5.41 Å². The van der Waals surface area contributed by atoms with E-state index in [2.05, 4.69) is 18.7 Å². The fraction of sp³-hybridized carbons (Fsp3) is 1.00. The standard InChI is InChI=1S/C8H17NO2/c1-8(2)6-9(3-4-10)5-7(8)11/h7,10-11H,3-6H2,1-2H3. The summed E-state index contributed by atoms with van der Waals surface area (Å²) in [7, 11) is 0. The average molecular weight is 159 g/mol. The maximum Gasteiger partial charge on any atom is 0.0730 e. The molecule has 11 heavy (non-hydrogen) atoms. The van der Waals surface area contributed by atoms with E-state index < -0.39 is 0 Å². The van der Waals surface area contributed by atoms with Crippen molar-refractivity contribution >= 4 is 0 Å². The average Bonchev–Trinajstić information content (AvgIpc) is 2.08. The molecule has 0 aromatic carbocycles. The maximum atomic E-state index is 9.53. The molecule has 1 heterocycles. The summed E-state index contributed by atoms with van der Waals surface area (Å²) in [4.78, 5) is 2.09. The molecule has 0 saturated carbocycles. The Morgan fingerprint density at radius 3 is 2.55 bits per heavy atom. The molecule has 1 saturated heterocycles. The third-order valence-corrected chi connectivity index (χ3v) is 2.38. The normalized spacial score (nSPS) is 31.1. The highest BCUT2D eigenvalue weighted by molar-refractivity contribution is 4.90. The predicted molar refractivity (Wildman–Crippen MR) is 43.3 cm³/mol. The Hall–Kier alpha value is -0.120. The zero-order valence-electron chi connectivity index (χ0n) is 7.25. The molecule has 1 rings (SSSR count). The molecule has 0 aromatic heterocycles. The zero-order valence-corrected chi connectivity index (χ0v) is 7.25. The minimum Gasteiger partial charge on any atom is -0.395 e. The van der Waals surface area contributed by atoms with Gasteiger partial charge in [-0.2, -0.15) is 0 Å². The highest BCUT2D eigenvalue weighted by Crippen LogP contribution is 2.28. The van der Waals surface area contributed by atoms with Crippen LogP contribution in [0, 0.1) is 5.41 Å². The van der Waals surface area contributed by atoms with E-state index in [1.165, 1.54) is 0 Å². The number of aliphatic hydroxyl groups is 2. The lowest BCUT2D eigenvalue weighted by molar-refractivity contribution is 0.0953. The Bertz CT molecular complexity index is 136. The SMILES string of the molecule is CC1(C)CN(CCO)CC1O. The van der Waals surface area contributed by atoms with Crippen molar-refractivity contribution < 1.29 is 10.2 Å². The van der Waals surface area contributed by atoms with E-state index in [0.29, 0.717) is 13.1 Å². The van der Waals surface area contributed by atoms with Gasteiger partial charge in [0.1, 0.15) is 0 Å². The second kappa shape index (κ2) is 3.09. The molecular formula is C8H17NO2. The molecule has 66 valence electrons. The number of rotatable bonds is 2. The van der Waals surface area contributed by atoms with Crippen LogP contribution in [0.5, 0.6) is 0 Å². The van der Waals surface area contributed by atoms with E-state index in [-0.39, 0.29) is 18.1 Å². The van der Waals surface area contributed by atoms with E-state index >= 15 is 0 Å². The molecule has 1 unspecified atom stereocenters. The fourth-order valence-electron chi connectivity index (χ4n) is 1.55. The molecule has 1 fully saturated rings. The van der Waals surface area contributed by atoms with Crippen LogP contribution in [0.2, 0.25) is 0 Å². The predicted octanol–water partition coefficient (Wildman–Crippen LogP) is -0.319. The van der Waals surface area contributed by atoms with Crippen molar-refractivity contribution in [2.45, 2.75) is 20.0 Å². The van der Waals surface area contributed by atoms with Gasteiger partial charge in [-0.05, 0) is 0 Å². The molecule has 3 heteroatoms. The van der Waals surface area contributed by atoms with Gasteiger partial charge >= 0.3 is 0 Å². The Morgan fingerprint density at radius 2 is 2.18 bits per heavy atom. The highest BCUT2D eigenvalue weighted by atomic mass is 16.3. The number of nitrogens with zero attached hydrogens (tertiary/aromatic N) is 1. The van der Waals surface area contributed by atoms with Crippen molar-refractivity contribution in [2.75, 3.05) is 26.2 Å². The Balaban J connectivity index is 2.43. The van der Waals surface area contributed by atoms with Crippen LogP contribution < -0.4 is 0 Å². The highest BCUT2D eigenvalue weighted by Gasteiger charge is 2.37. The molecule has 0 aliphatic carbocycles. The third kappa shape index (κ3) is 1.92. The summed E-state index contributed by atoms with van der Waals surface area (Å²) < 4.78 is 0. The lowest BCUT2D eigenvalue weighted by Gasteiger charge is -2.20. The molecule has 0 amide bonds. The third-order valence-electron chi connectivity index (χ3n) is 2.38. The van der Waals surface area contributed by atoms with E-state index in [1.54, 1.807) is 0 Å². The van der Waals surface area contributed by atoms with Crippen molar-refractivity contribution in [3.05, 3.63) is 0 Å². The fourth-order valence-corrected chi connectivity index (χ4v) is 1.55. The van der Waals surface area contributed by atoms with Gasteiger partial charge in [0.05, 0.1) is 12.7 Å². The largest absolute Gasteiger partial charge is 0.395 e. The number of aliphatic hydroxyl groups excluding tert-OH is 2. The molecule has 0 radical (unpaired) electrons. The summed E-state index contributed by atoms with van der Waals surface area (Å²) in [6.45, 7) is 6.55. The molecule has 0 aromatic rings. The van der Waals surface area contributed by atoms with E-state index in [4.69, 9.17) is 5.11 Å². The van der Waals surface area contributed by atoms with Gasteiger partial charge in [-0.25, -0.2) is 0 Å². The summed E-state index contributed by atoms with van der Waals surface area (Å²) in [6, 6.07) is 0. The number of β-amino-alcohol motifs (C(OH)–C–C–N with tert-alkyl or cyclic N) is 2. The van der Waals surface area contributed by atoms with Crippen molar-refractivity contribution in [1.29, 1.82) is 0 Å². The number of hydrogen-bond donors (Lipinski definition) is 2. The first-order valence-corrected chi connectivity index (χ1v) is 4.07. The minimum absolute atomic E-state index is 0.00479. The van der Waals surface area contributed by atoms with E-state index in [1.807, 2.05) is 0 Å². The topological polar surface area (TPSA) is 43.7 Å². The van der Waals surface area contributed by atoms with Gasteiger partial charge in [0, 0.05) is 25.0 Å². The summed E-state index contributed by atoms with van der Waals surface area (Å²) in [5.74, 6) is 0. The summed E-state index contributed by atoms with van der Waals surface area (Å²) in [5, 5.41) is 18.2. The van der Waals surface area contributed by atoms with Gasteiger partial charge in [-0.3, -0.25) is 4.90 Å². The van der Waals surface area contributed by atoms with Gasteiger partial charge in [0.15, 0.2) is 0 Å². The van der Waals surface area contributed by atoms with E-state index in [9.17, 15) is 5.11 Å². The monoisotopic (exact) mass is 159 g/mol. The lowest BCUT2D eigenvalue weighted by Crippen LogP contribution is -2.27. The van der Waals surface area contributed by atoms with Crippen LogP contribution in [0.25, 0.3) is 0 Å². The number of likely N-dealkylation sites (tertiary alicyclic amines) is 1. The molecule has 1 aliphatic rings. The smallest absolute Gasteiger partial charge is 0.0730 e. The van der Waals surface area contributed by atoms with Gasteiger partial charge < -0.3 is 10.2 Å². The summed E-state index contributed by atoms with van der Waals surface area (Å²) in [6.07, 6.45) is -0.242. The second-order valence-electron chi connectivity index (χ2n) is 3.96. The van der Waals surface area contributed by atoms with Crippen molar-refractivity contribution in [3.63, 3.8) is 0 Å². The van der Waals surface area contributed by atoms with Gasteiger partial charge in [-0.1, -0.05) is 13.8 Å². The number of hydrogen-bond acceptors (Lipinski definition) is 3. The van der Waals surface area contributed by atoms with Crippen molar-refractivity contribution in [1.82, 2.24) is 4.90 Å². The molecule has 1 aliphatic heterocycles. The minimum atomic E-state index is -0.242. The Kier molecular flexibility index (Phi) is 2.52. The molecule has 0 spiro atoms. The molecular weight excluding hydrogens is 142 g/mol. The van der Waals surface area contributed by atoms with Crippen LogP contribution in [0.3, 0.4) is 0 Å². The van der Waals surface area contributed by atoms with Crippen LogP contribution in [-0.2, 0) is 0 Å². The first kappa shape index (κ1) is 8.97. The van der Waals surface area contributed by atoms with Crippen molar-refractivity contribution in [3.8, 4) is 0 Å².